The highest BCUT2D eigenvalue weighted by Gasteiger charge is 2.53. The normalized spacial score (nSPS) is 27.6. The van der Waals surface area contributed by atoms with E-state index in [0.717, 1.165) is 77.0 Å². The molecule has 0 aliphatic carbocycles. The van der Waals surface area contributed by atoms with Gasteiger partial charge in [0.25, 0.3) is 0 Å². The number of aliphatic hydroxyl groups excluding tert-OH is 11. The molecule has 17 unspecified atom stereocenters. The lowest BCUT2D eigenvalue weighted by Crippen LogP contribution is -2.66. The van der Waals surface area contributed by atoms with E-state index in [1.54, 1.807) is 6.08 Å². The van der Waals surface area contributed by atoms with Gasteiger partial charge in [0.2, 0.25) is 5.91 Å². The number of amides is 1. The third kappa shape index (κ3) is 38.0. The lowest BCUT2D eigenvalue weighted by molar-refractivity contribution is -0.379. The van der Waals surface area contributed by atoms with Gasteiger partial charge in [0.1, 0.15) is 73.2 Å². The molecule has 0 spiro atoms. The zero-order chi connectivity index (χ0) is 68.9. The van der Waals surface area contributed by atoms with Gasteiger partial charge >= 0.3 is 0 Å². The molecule has 3 aliphatic rings. The van der Waals surface area contributed by atoms with Crippen molar-refractivity contribution in [2.24, 2.45) is 0 Å². The van der Waals surface area contributed by atoms with Gasteiger partial charge in [0, 0.05) is 6.42 Å². The van der Waals surface area contributed by atoms with Gasteiger partial charge in [-0.3, -0.25) is 4.79 Å². The number of ether oxygens (including phenoxy) is 6. The number of allylic oxidation sites excluding steroid dienone is 11. The maximum absolute atomic E-state index is 13.4. The van der Waals surface area contributed by atoms with E-state index in [9.17, 15) is 61.0 Å². The van der Waals surface area contributed by atoms with Crippen molar-refractivity contribution in [3.8, 4) is 0 Å². The van der Waals surface area contributed by atoms with Crippen LogP contribution >= 0.6 is 0 Å². The summed E-state index contributed by atoms with van der Waals surface area (Å²) >= 11 is 0. The van der Waals surface area contributed by atoms with Crippen LogP contribution in [-0.4, -0.2) is 193 Å². The molecule has 0 radical (unpaired) electrons. The van der Waals surface area contributed by atoms with Gasteiger partial charge in [-0.25, -0.2) is 0 Å². The van der Waals surface area contributed by atoms with Crippen LogP contribution < -0.4 is 5.32 Å². The Hall–Kier alpha value is -2.77. The molecule has 0 aromatic carbocycles. The summed E-state index contributed by atoms with van der Waals surface area (Å²) in [6, 6.07) is -0.996. The molecule has 3 aliphatic heterocycles. The van der Waals surface area contributed by atoms with E-state index in [1.807, 2.05) is 6.08 Å². The zero-order valence-electron chi connectivity index (χ0n) is 58.6. The summed E-state index contributed by atoms with van der Waals surface area (Å²) in [6.45, 7) is 1.63. The van der Waals surface area contributed by atoms with Crippen LogP contribution in [0, 0.1) is 0 Å². The van der Waals surface area contributed by atoms with Crippen LogP contribution in [0.4, 0.5) is 0 Å². The molecule has 12 N–H and O–H groups in total. The van der Waals surface area contributed by atoms with Crippen molar-refractivity contribution in [3.05, 3.63) is 72.9 Å². The third-order valence-corrected chi connectivity index (χ3v) is 18.5. The van der Waals surface area contributed by atoms with Crippen molar-refractivity contribution in [1.29, 1.82) is 0 Å². The summed E-state index contributed by atoms with van der Waals surface area (Å²) in [5.41, 5.74) is 0. The molecule has 0 aromatic rings. The summed E-state index contributed by atoms with van der Waals surface area (Å²) in [4.78, 5) is 13.4. The van der Waals surface area contributed by atoms with E-state index in [4.69, 9.17) is 28.4 Å². The average Bonchev–Trinajstić information content (AvgIpc) is 0.787. The fraction of sp³-hybridized carbons (Fsp3) is 0.829. The zero-order valence-corrected chi connectivity index (χ0v) is 58.6. The Bertz CT molecular complexity index is 2000. The molecule has 3 rings (SSSR count). The SMILES string of the molecule is CC/C=C\C/C=C\C/C=C\C/C=C\CCCCCCCCCCCCCCC(=O)NC(COC1OC(CO)C(OC2OC(CO)C(OC3OC(CO)C(O)C(O)C3O)C(O)C2O)C(O)C1O)C(O)/C=C/CC/C=C/CCCCCCCCCCCCCCCCCCCCC. The van der Waals surface area contributed by atoms with E-state index < -0.39 is 124 Å². The van der Waals surface area contributed by atoms with Gasteiger partial charge in [0.15, 0.2) is 18.9 Å². The second-order valence-corrected chi connectivity index (χ2v) is 26.7. The Morgan fingerprint density at radius 2 is 0.737 bits per heavy atom. The predicted octanol–water partition coefficient (Wildman–Crippen LogP) is 11.3. The molecule has 95 heavy (non-hydrogen) atoms. The molecule has 3 saturated heterocycles. The van der Waals surface area contributed by atoms with Crippen molar-refractivity contribution in [2.45, 2.75) is 375 Å². The largest absolute Gasteiger partial charge is 0.394 e. The van der Waals surface area contributed by atoms with Crippen LogP contribution in [0.1, 0.15) is 271 Å². The Labute approximate surface area is 572 Å². The predicted molar refractivity (Wildman–Crippen MR) is 374 cm³/mol. The molecule has 19 heteroatoms. The van der Waals surface area contributed by atoms with Gasteiger partial charge in [-0.05, 0) is 70.6 Å². The van der Waals surface area contributed by atoms with Crippen LogP contribution in [0.25, 0.3) is 0 Å². The molecule has 0 saturated carbocycles. The third-order valence-electron chi connectivity index (χ3n) is 18.5. The number of hydrogen-bond acceptors (Lipinski definition) is 18. The first-order valence-corrected chi connectivity index (χ1v) is 37.7. The summed E-state index contributed by atoms with van der Waals surface area (Å²) < 4.78 is 34.4. The Kier molecular flexibility index (Phi) is 51.8. The van der Waals surface area contributed by atoms with Crippen LogP contribution in [0.5, 0.6) is 0 Å². The second kappa shape index (κ2) is 56.9. The maximum Gasteiger partial charge on any atom is 0.220 e. The number of rotatable bonds is 58. The maximum atomic E-state index is 13.4. The number of carbonyl (C=O) groups excluding carboxylic acids is 1. The minimum absolute atomic E-state index is 0.230. The van der Waals surface area contributed by atoms with Crippen molar-refractivity contribution >= 4 is 5.91 Å². The number of carbonyl (C=O) groups is 1. The molecule has 19 nitrogen and oxygen atoms in total. The van der Waals surface area contributed by atoms with Crippen LogP contribution in [0.2, 0.25) is 0 Å². The van der Waals surface area contributed by atoms with Crippen molar-refractivity contribution in [2.75, 3.05) is 26.4 Å². The summed E-state index contributed by atoms with van der Waals surface area (Å²) in [6.07, 6.45) is 45.9. The molecule has 0 aromatic heterocycles. The Balaban J connectivity index is 1.42. The Morgan fingerprint density at radius 3 is 1.18 bits per heavy atom. The van der Waals surface area contributed by atoms with Gasteiger partial charge < -0.3 is 89.9 Å². The van der Waals surface area contributed by atoms with Crippen LogP contribution in [-0.2, 0) is 33.2 Å². The molecule has 17 atom stereocenters. The molecular weight excluding hydrogens is 1210 g/mol. The molecule has 3 heterocycles. The number of hydrogen-bond donors (Lipinski definition) is 12. The lowest BCUT2D eigenvalue weighted by Gasteiger charge is -2.48. The van der Waals surface area contributed by atoms with Gasteiger partial charge in [-0.2, -0.15) is 0 Å². The minimum atomic E-state index is -1.98. The van der Waals surface area contributed by atoms with Gasteiger partial charge in [0.05, 0.1) is 38.6 Å². The van der Waals surface area contributed by atoms with Gasteiger partial charge in [-0.1, -0.05) is 267 Å². The van der Waals surface area contributed by atoms with E-state index in [2.05, 4.69) is 79.9 Å². The highest BCUT2D eigenvalue weighted by Crippen LogP contribution is 2.33. The molecule has 552 valence electrons. The number of nitrogens with one attached hydrogen (secondary N) is 1. The number of unbranched alkanes of at least 4 members (excludes halogenated alkanes) is 32. The van der Waals surface area contributed by atoms with Crippen LogP contribution in [0.15, 0.2) is 72.9 Å². The molecular formula is C76H135NO18. The first-order valence-electron chi connectivity index (χ1n) is 37.7. The second-order valence-electron chi connectivity index (χ2n) is 26.7. The van der Waals surface area contributed by atoms with Crippen molar-refractivity contribution < 1.29 is 89.4 Å². The monoisotopic (exact) mass is 1350 g/mol. The first-order chi connectivity index (χ1) is 46.3. The smallest absolute Gasteiger partial charge is 0.220 e. The standard InChI is InChI=1S/C76H135NO18/c1-3-5-7-9-11-13-15-17-19-21-23-25-27-29-31-33-35-37-39-41-43-45-47-49-51-53-60(81)59(77-64(82)54-52-50-48-46-44-42-40-38-36-34-32-30-28-26-24-22-20-18-16-14-12-10-8-6-4-2)58-90-74-70(88)67(85)72(62(56-79)92-74)95-76-71(89)68(86)73(63(57-80)93-76)94-75-69(87)66(84)65(83)61(55-78)91-75/h6,8,12,14,18,20,24,26,43,45,51,53,59-63,65-76,78-81,83-89H,3-5,7,9-11,13,15-17,19,21-23,25,27-42,44,46-50,52,54-58H2,1-2H3,(H,77,82)/b8-6-,14-12-,20-18-,26-24-,45-43+,53-51+. The highest BCUT2D eigenvalue weighted by atomic mass is 16.8. The highest BCUT2D eigenvalue weighted by molar-refractivity contribution is 5.76. The van der Waals surface area contributed by atoms with E-state index in [-0.39, 0.29) is 18.9 Å². The van der Waals surface area contributed by atoms with Crippen LogP contribution in [0.3, 0.4) is 0 Å². The number of aliphatic hydroxyl groups is 11. The average molecular weight is 1350 g/mol. The van der Waals surface area contributed by atoms with Crippen molar-refractivity contribution in [1.82, 2.24) is 5.32 Å². The summed E-state index contributed by atoms with van der Waals surface area (Å²) in [5, 5.41) is 121. The van der Waals surface area contributed by atoms with Gasteiger partial charge in [-0.15, -0.1) is 0 Å². The molecule has 1 amide bonds. The quantitative estimate of drug-likeness (QED) is 0.0199. The fourth-order valence-corrected chi connectivity index (χ4v) is 12.4. The molecule has 3 fully saturated rings. The summed E-state index contributed by atoms with van der Waals surface area (Å²) in [5.74, 6) is -0.288. The lowest BCUT2D eigenvalue weighted by atomic mass is 9.96. The van der Waals surface area contributed by atoms with E-state index >= 15 is 0 Å². The Morgan fingerprint density at radius 1 is 0.389 bits per heavy atom. The summed E-state index contributed by atoms with van der Waals surface area (Å²) in [7, 11) is 0. The van der Waals surface area contributed by atoms with E-state index in [1.165, 1.54) is 161 Å². The topological polar surface area (TPSA) is 307 Å². The molecule has 0 bridgehead atoms. The van der Waals surface area contributed by atoms with Crippen molar-refractivity contribution in [3.63, 3.8) is 0 Å². The van der Waals surface area contributed by atoms with E-state index in [0.29, 0.717) is 12.8 Å². The fourth-order valence-electron chi connectivity index (χ4n) is 12.4. The first kappa shape index (κ1) is 86.5. The minimum Gasteiger partial charge on any atom is -0.394 e.